The zero-order chi connectivity index (χ0) is 14.6. The Morgan fingerprint density at radius 2 is 1.42 bits per heavy atom. The molecular weight excluding hydrogens is 256 g/mol. The van der Waals surface area contributed by atoms with E-state index in [1.807, 2.05) is 0 Å². The Balaban J connectivity index is 3.46. The molecule has 0 fully saturated rings. The third-order valence-corrected chi connectivity index (χ3v) is 2.46. The average molecular weight is 280 g/mol. The normalized spacial score (nSPS) is 11.6. The first kappa shape index (κ1) is 18.3. The fraction of sp³-hybridized carbons (Fsp3) is 0.917. The van der Waals surface area contributed by atoms with Crippen molar-refractivity contribution >= 4 is 5.97 Å². The Hall–Kier alpha value is -0.730. The van der Waals surface area contributed by atoms with Crippen LogP contribution in [0.2, 0.25) is 0 Å². The number of carbonyl (C=O) groups excluding carboxylic acids is 1. The van der Waals surface area contributed by atoms with E-state index in [0.717, 1.165) is 0 Å². The molecular formula is C12H24O7. The summed E-state index contributed by atoms with van der Waals surface area (Å²) in [6, 6.07) is 0. The third-order valence-electron chi connectivity index (χ3n) is 2.46. The van der Waals surface area contributed by atoms with Crippen LogP contribution in [-0.2, 0) is 23.7 Å². The minimum atomic E-state index is -1.26. The van der Waals surface area contributed by atoms with Gasteiger partial charge in [-0.15, -0.1) is 0 Å². The summed E-state index contributed by atoms with van der Waals surface area (Å²) in [5, 5.41) is 18.0. The molecule has 0 radical (unpaired) electrons. The van der Waals surface area contributed by atoms with E-state index < -0.39 is 24.6 Å². The van der Waals surface area contributed by atoms with Crippen LogP contribution in [0.15, 0.2) is 0 Å². The van der Waals surface area contributed by atoms with Gasteiger partial charge in [0.05, 0.1) is 46.2 Å². The number of hydrogen-bond acceptors (Lipinski definition) is 7. The lowest BCUT2D eigenvalue weighted by Crippen LogP contribution is -2.37. The molecule has 0 aliphatic heterocycles. The zero-order valence-corrected chi connectivity index (χ0v) is 11.6. The van der Waals surface area contributed by atoms with Crippen LogP contribution < -0.4 is 0 Å². The summed E-state index contributed by atoms with van der Waals surface area (Å²) in [6.07, 6.45) is 0. The molecule has 19 heavy (non-hydrogen) atoms. The maximum Gasteiger partial charge on any atom is 0.316 e. The summed E-state index contributed by atoms with van der Waals surface area (Å²) in [5.41, 5.74) is -1.26. The van der Waals surface area contributed by atoms with Crippen molar-refractivity contribution in [3.05, 3.63) is 0 Å². The van der Waals surface area contributed by atoms with Gasteiger partial charge in [-0.25, -0.2) is 0 Å². The van der Waals surface area contributed by atoms with Crippen LogP contribution in [0.1, 0.15) is 6.92 Å². The fourth-order valence-electron chi connectivity index (χ4n) is 1.01. The number of rotatable bonds is 12. The van der Waals surface area contributed by atoms with Crippen molar-refractivity contribution in [2.75, 3.05) is 60.0 Å². The highest BCUT2D eigenvalue weighted by molar-refractivity contribution is 5.76. The van der Waals surface area contributed by atoms with Gasteiger partial charge < -0.3 is 29.2 Å². The van der Waals surface area contributed by atoms with Gasteiger partial charge in [0.15, 0.2) is 0 Å². The number of ether oxygens (including phenoxy) is 4. The van der Waals surface area contributed by atoms with E-state index in [1.54, 1.807) is 7.11 Å². The summed E-state index contributed by atoms with van der Waals surface area (Å²) < 4.78 is 20.0. The molecule has 0 aromatic rings. The van der Waals surface area contributed by atoms with Crippen molar-refractivity contribution in [1.29, 1.82) is 0 Å². The van der Waals surface area contributed by atoms with Crippen LogP contribution in [0, 0.1) is 5.41 Å². The first-order chi connectivity index (χ1) is 9.10. The van der Waals surface area contributed by atoms with E-state index in [-0.39, 0.29) is 13.2 Å². The highest BCUT2D eigenvalue weighted by Gasteiger charge is 2.33. The molecule has 0 heterocycles. The Bertz CT molecular complexity index is 228. The quantitative estimate of drug-likeness (QED) is 0.357. The number of esters is 1. The molecule has 0 saturated heterocycles. The Labute approximate surface area is 113 Å². The van der Waals surface area contributed by atoms with Crippen molar-refractivity contribution in [1.82, 2.24) is 0 Å². The fourth-order valence-corrected chi connectivity index (χ4v) is 1.01. The third kappa shape index (κ3) is 8.12. The first-order valence-electron chi connectivity index (χ1n) is 6.14. The van der Waals surface area contributed by atoms with Crippen LogP contribution in [-0.4, -0.2) is 76.1 Å². The molecule has 2 N–H and O–H groups in total. The van der Waals surface area contributed by atoms with E-state index in [1.165, 1.54) is 6.92 Å². The number of carbonyl (C=O) groups is 1. The van der Waals surface area contributed by atoms with Gasteiger partial charge in [-0.1, -0.05) is 0 Å². The van der Waals surface area contributed by atoms with E-state index in [9.17, 15) is 4.79 Å². The predicted octanol–water partition coefficient (Wildman–Crippen LogP) is -0.800. The standard InChI is InChI=1S/C12H24O7/c1-12(9-13,10-14)11(15)19-8-7-18-6-5-17-4-3-16-2/h13-14H,3-10H2,1-2H3. The molecule has 114 valence electrons. The van der Waals surface area contributed by atoms with Gasteiger partial charge in [0.25, 0.3) is 0 Å². The molecule has 0 rings (SSSR count). The minimum absolute atomic E-state index is 0.0759. The van der Waals surface area contributed by atoms with Gasteiger partial charge >= 0.3 is 5.97 Å². The highest BCUT2D eigenvalue weighted by atomic mass is 16.6. The summed E-state index contributed by atoms with van der Waals surface area (Å²) in [7, 11) is 1.60. The zero-order valence-electron chi connectivity index (χ0n) is 11.6. The molecule has 0 spiro atoms. The number of hydrogen-bond donors (Lipinski definition) is 2. The molecule has 0 atom stereocenters. The summed E-state index contributed by atoms with van der Waals surface area (Å²) in [5.74, 6) is -0.641. The monoisotopic (exact) mass is 280 g/mol. The molecule has 0 aliphatic rings. The van der Waals surface area contributed by atoms with Gasteiger partial charge in [0.1, 0.15) is 12.0 Å². The average Bonchev–Trinajstić information content (AvgIpc) is 2.44. The molecule has 7 heteroatoms. The van der Waals surface area contributed by atoms with Crippen molar-refractivity contribution < 1.29 is 34.0 Å². The van der Waals surface area contributed by atoms with Crippen LogP contribution in [0.3, 0.4) is 0 Å². The van der Waals surface area contributed by atoms with Crippen molar-refractivity contribution in [3.8, 4) is 0 Å². The second kappa shape index (κ2) is 11.1. The molecule has 0 bridgehead atoms. The van der Waals surface area contributed by atoms with Crippen LogP contribution in [0.4, 0.5) is 0 Å². The molecule has 0 unspecified atom stereocenters. The Morgan fingerprint density at radius 1 is 0.947 bits per heavy atom. The van der Waals surface area contributed by atoms with Gasteiger partial charge in [0, 0.05) is 7.11 Å². The van der Waals surface area contributed by atoms with Gasteiger partial charge in [-0.2, -0.15) is 0 Å². The van der Waals surface area contributed by atoms with Gasteiger partial charge in [-0.3, -0.25) is 4.79 Å². The van der Waals surface area contributed by atoms with Crippen molar-refractivity contribution in [3.63, 3.8) is 0 Å². The van der Waals surface area contributed by atoms with Crippen molar-refractivity contribution in [2.24, 2.45) is 5.41 Å². The maximum absolute atomic E-state index is 11.5. The molecule has 0 aromatic heterocycles. The molecule has 0 amide bonds. The summed E-state index contributed by atoms with van der Waals surface area (Å²) >= 11 is 0. The van der Waals surface area contributed by atoms with Crippen LogP contribution in [0.5, 0.6) is 0 Å². The van der Waals surface area contributed by atoms with E-state index >= 15 is 0 Å². The lowest BCUT2D eigenvalue weighted by molar-refractivity contribution is -0.161. The number of aliphatic hydroxyl groups excluding tert-OH is 2. The second-order valence-corrected chi connectivity index (χ2v) is 4.23. The van der Waals surface area contributed by atoms with Crippen LogP contribution >= 0.6 is 0 Å². The largest absolute Gasteiger partial charge is 0.463 e. The highest BCUT2D eigenvalue weighted by Crippen LogP contribution is 2.16. The van der Waals surface area contributed by atoms with Crippen molar-refractivity contribution in [2.45, 2.75) is 6.92 Å². The smallest absolute Gasteiger partial charge is 0.316 e. The summed E-state index contributed by atoms with van der Waals surface area (Å²) in [4.78, 5) is 11.5. The second-order valence-electron chi connectivity index (χ2n) is 4.23. The maximum atomic E-state index is 11.5. The summed E-state index contributed by atoms with van der Waals surface area (Å²) in [6.45, 7) is 2.73. The predicted molar refractivity (Wildman–Crippen MR) is 66.8 cm³/mol. The minimum Gasteiger partial charge on any atom is -0.463 e. The Kier molecular flexibility index (Phi) is 10.7. The first-order valence-corrected chi connectivity index (χ1v) is 6.14. The van der Waals surface area contributed by atoms with E-state index in [4.69, 9.17) is 29.2 Å². The molecule has 0 aromatic carbocycles. The van der Waals surface area contributed by atoms with E-state index in [0.29, 0.717) is 26.4 Å². The number of methoxy groups -OCH3 is 1. The lowest BCUT2D eigenvalue weighted by atomic mass is 9.93. The van der Waals surface area contributed by atoms with Gasteiger partial charge in [0.2, 0.25) is 0 Å². The number of aliphatic hydroxyl groups is 2. The van der Waals surface area contributed by atoms with Crippen LogP contribution in [0.25, 0.3) is 0 Å². The Morgan fingerprint density at radius 3 is 1.89 bits per heavy atom. The topological polar surface area (TPSA) is 94.5 Å². The SMILES string of the molecule is COCCOCCOCCOC(=O)C(C)(CO)CO. The van der Waals surface area contributed by atoms with Gasteiger partial charge in [-0.05, 0) is 6.92 Å². The molecule has 0 aliphatic carbocycles. The van der Waals surface area contributed by atoms with E-state index in [2.05, 4.69) is 0 Å². The molecule has 0 saturated carbocycles. The molecule has 7 nitrogen and oxygen atoms in total. The lowest BCUT2D eigenvalue weighted by Gasteiger charge is -2.22.